The molecule has 0 bridgehead atoms. The number of ether oxygens (including phenoxy) is 2. The van der Waals surface area contributed by atoms with Gasteiger partial charge in [0.05, 0.1) is 7.11 Å². The smallest absolute Gasteiger partial charge is 0.408 e. The van der Waals surface area contributed by atoms with E-state index in [4.69, 9.17) is 9.47 Å². The first-order chi connectivity index (χ1) is 12.7. The number of rotatable bonds is 4. The molecule has 148 valence electrons. The van der Waals surface area contributed by atoms with Gasteiger partial charge in [0.1, 0.15) is 11.7 Å². The minimum Gasteiger partial charge on any atom is -0.450 e. The van der Waals surface area contributed by atoms with E-state index in [0.29, 0.717) is 17.9 Å². The third-order valence-corrected chi connectivity index (χ3v) is 6.14. The molecule has 0 aromatic heterocycles. The number of amides is 1. The Balaban J connectivity index is 1.99. The molecule has 2 aliphatic carbocycles. The van der Waals surface area contributed by atoms with Crippen molar-refractivity contribution in [1.82, 2.24) is 5.32 Å². The van der Waals surface area contributed by atoms with E-state index in [1.165, 1.54) is 0 Å². The molecule has 1 aliphatic heterocycles. The summed E-state index contributed by atoms with van der Waals surface area (Å²) in [5.74, 6) is 1.24. The Morgan fingerprint density at radius 2 is 2.04 bits per heavy atom. The maximum Gasteiger partial charge on any atom is 0.408 e. The van der Waals surface area contributed by atoms with Crippen molar-refractivity contribution < 1.29 is 18.8 Å². The van der Waals surface area contributed by atoms with E-state index < -0.39 is 11.7 Å². The first-order valence-electron chi connectivity index (χ1n) is 9.96. The molecule has 1 amide bonds. The molecule has 3 fully saturated rings. The number of methoxy groups -OCH3 is 1. The van der Waals surface area contributed by atoms with Crippen LogP contribution in [0.2, 0.25) is 0 Å². The summed E-state index contributed by atoms with van der Waals surface area (Å²) < 4.78 is 13.5. The van der Waals surface area contributed by atoms with E-state index in [9.17, 15) is 10.1 Å². The lowest BCUT2D eigenvalue weighted by Gasteiger charge is -2.34. The second-order valence-corrected chi connectivity index (χ2v) is 9.12. The lowest BCUT2D eigenvalue weighted by Crippen LogP contribution is -2.55. The predicted octanol–water partition coefficient (Wildman–Crippen LogP) is 3.37. The molecule has 27 heavy (non-hydrogen) atoms. The molecule has 3 rings (SSSR count). The van der Waals surface area contributed by atoms with Crippen LogP contribution in [-0.2, 0) is 9.47 Å². The molecular formula is C21H32N3O3+. The molecule has 1 saturated heterocycles. The third kappa shape index (κ3) is 3.83. The number of piperidine rings is 1. The Morgan fingerprint density at radius 1 is 1.37 bits per heavy atom. The van der Waals surface area contributed by atoms with E-state index >= 15 is 0 Å². The predicted molar refractivity (Wildman–Crippen MR) is 102 cm³/mol. The van der Waals surface area contributed by atoms with Gasteiger partial charge in [-0.1, -0.05) is 18.9 Å². The van der Waals surface area contributed by atoms with Crippen LogP contribution in [0.4, 0.5) is 4.79 Å². The summed E-state index contributed by atoms with van der Waals surface area (Å²) in [5, 5.41) is 12.7. The van der Waals surface area contributed by atoms with Crippen LogP contribution in [0.5, 0.6) is 0 Å². The zero-order valence-electron chi connectivity index (χ0n) is 17.0. The molecule has 1 heterocycles. The van der Waals surface area contributed by atoms with E-state index in [1.807, 2.05) is 26.8 Å². The van der Waals surface area contributed by atoms with Gasteiger partial charge in [0.15, 0.2) is 12.1 Å². The summed E-state index contributed by atoms with van der Waals surface area (Å²) in [6.45, 7) is 9.63. The Labute approximate surface area is 162 Å². The van der Waals surface area contributed by atoms with Gasteiger partial charge in [0.25, 0.3) is 0 Å². The molecule has 1 N–H and O–H groups in total. The topological polar surface area (TPSA) is 74.4 Å². The summed E-state index contributed by atoms with van der Waals surface area (Å²) in [6.07, 6.45) is 7.50. The Kier molecular flexibility index (Phi) is 5.24. The van der Waals surface area contributed by atoms with Crippen molar-refractivity contribution in [3.05, 3.63) is 12.7 Å². The van der Waals surface area contributed by atoms with Gasteiger partial charge in [0, 0.05) is 24.2 Å². The average molecular weight is 375 g/mol. The molecule has 2 saturated carbocycles. The summed E-state index contributed by atoms with van der Waals surface area (Å²) >= 11 is 0. The van der Waals surface area contributed by atoms with Gasteiger partial charge in [-0.25, -0.2) is 4.79 Å². The highest BCUT2D eigenvalue weighted by atomic mass is 16.6. The van der Waals surface area contributed by atoms with Gasteiger partial charge in [0.2, 0.25) is 6.04 Å². The van der Waals surface area contributed by atoms with Crippen molar-refractivity contribution in [2.24, 2.45) is 11.3 Å². The van der Waals surface area contributed by atoms with Crippen molar-refractivity contribution in [3.63, 3.8) is 0 Å². The number of hydrogen-bond donors (Lipinski definition) is 1. The third-order valence-electron chi connectivity index (χ3n) is 6.14. The number of alkyl carbamates (subject to hydrolysis) is 1. The Bertz CT molecular complexity index is 680. The molecular weight excluding hydrogens is 342 g/mol. The van der Waals surface area contributed by atoms with E-state index in [0.717, 1.165) is 38.5 Å². The highest BCUT2D eigenvalue weighted by molar-refractivity contribution is 5.84. The van der Waals surface area contributed by atoms with E-state index in [-0.39, 0.29) is 17.5 Å². The Morgan fingerprint density at radius 3 is 2.56 bits per heavy atom. The highest BCUT2D eigenvalue weighted by Crippen LogP contribution is 2.47. The first-order valence-corrected chi connectivity index (χ1v) is 9.96. The molecule has 0 aromatic rings. The van der Waals surface area contributed by atoms with E-state index in [1.54, 1.807) is 7.11 Å². The van der Waals surface area contributed by atoms with Crippen molar-refractivity contribution >= 4 is 12.0 Å². The standard InChI is InChI=1S/C21H31N3O3/c1-6-21(9-7-8-10-21)17(23-19(25)27-20(2,3)4)18(26-5)24-15(13-22)11-14-12-16(14)24/h6,14-17H,1,7-12H2,2-5H3/p+1/t14-,15?,16?,17?/m1/s1. The van der Waals surface area contributed by atoms with E-state index in [2.05, 4.69) is 22.5 Å². The highest BCUT2D eigenvalue weighted by Gasteiger charge is 2.61. The molecule has 3 unspecified atom stereocenters. The van der Waals surface area contributed by atoms with Gasteiger partial charge < -0.3 is 14.8 Å². The maximum atomic E-state index is 12.6. The molecule has 6 heteroatoms. The number of carbonyl (C=O) groups is 1. The van der Waals surface area contributed by atoms with Crippen LogP contribution in [-0.4, -0.2) is 47.4 Å². The lowest BCUT2D eigenvalue weighted by atomic mass is 9.78. The number of carbonyl (C=O) groups excluding carboxylic acids is 1. The first kappa shape index (κ1) is 19.7. The zero-order chi connectivity index (χ0) is 19.8. The molecule has 0 radical (unpaired) electrons. The average Bonchev–Trinajstić information content (AvgIpc) is 3.04. The monoisotopic (exact) mass is 374 g/mol. The van der Waals surface area contributed by atoms with Crippen LogP contribution >= 0.6 is 0 Å². The van der Waals surface area contributed by atoms with Gasteiger partial charge in [-0.05, 0) is 33.6 Å². The minimum absolute atomic E-state index is 0.199. The molecule has 3 aliphatic rings. The zero-order valence-corrected chi connectivity index (χ0v) is 17.0. The number of nitrogens with zero attached hydrogens (tertiary/aromatic N) is 2. The van der Waals surface area contributed by atoms with Crippen LogP contribution in [0.1, 0.15) is 59.3 Å². The fourth-order valence-electron chi connectivity index (χ4n) is 4.78. The second kappa shape index (κ2) is 7.18. The minimum atomic E-state index is -0.580. The largest absolute Gasteiger partial charge is 0.450 e. The molecule has 6 nitrogen and oxygen atoms in total. The fraction of sp³-hybridized carbons (Fsp3) is 0.762. The quantitative estimate of drug-likeness (QED) is 0.465. The van der Waals surface area contributed by atoms with Crippen LogP contribution in [0.25, 0.3) is 0 Å². The van der Waals surface area contributed by atoms with Gasteiger partial charge in [-0.2, -0.15) is 9.84 Å². The van der Waals surface area contributed by atoms with Crippen molar-refractivity contribution in [2.75, 3.05) is 7.11 Å². The van der Waals surface area contributed by atoms with Crippen LogP contribution in [0.15, 0.2) is 12.7 Å². The number of nitriles is 1. The van der Waals surface area contributed by atoms with Crippen molar-refractivity contribution in [1.29, 1.82) is 5.26 Å². The summed E-state index contributed by atoms with van der Waals surface area (Å²) in [4.78, 5) is 12.6. The van der Waals surface area contributed by atoms with Crippen molar-refractivity contribution in [2.45, 2.75) is 83.0 Å². The lowest BCUT2D eigenvalue weighted by molar-refractivity contribution is -0.561. The van der Waals surface area contributed by atoms with Crippen molar-refractivity contribution in [3.8, 4) is 6.07 Å². The van der Waals surface area contributed by atoms with Crippen LogP contribution in [0.3, 0.4) is 0 Å². The number of hydrogen-bond acceptors (Lipinski definition) is 4. The van der Waals surface area contributed by atoms with Gasteiger partial charge in [-0.3, -0.25) is 0 Å². The normalized spacial score (nSPS) is 31.3. The second-order valence-electron chi connectivity index (χ2n) is 9.12. The summed E-state index contributed by atoms with van der Waals surface area (Å²) in [5.41, 5.74) is -0.863. The maximum absolute atomic E-state index is 12.6. The summed E-state index contributed by atoms with van der Waals surface area (Å²) in [7, 11) is 1.63. The van der Waals surface area contributed by atoms with Crippen LogP contribution in [0, 0.1) is 22.7 Å². The van der Waals surface area contributed by atoms with Gasteiger partial charge in [-0.15, -0.1) is 6.58 Å². The molecule has 0 aromatic carbocycles. The SMILES string of the molecule is C=CC1(C(NC(=O)OC(C)(C)C)C(OC)=[N+]2C(C#N)C[C@@H]3CC32)CCCC1. The summed E-state index contributed by atoms with van der Waals surface area (Å²) in [6, 6.07) is 2.17. The Hall–Kier alpha value is -2.03. The van der Waals surface area contributed by atoms with Gasteiger partial charge >= 0.3 is 12.0 Å². The van der Waals surface area contributed by atoms with Crippen LogP contribution < -0.4 is 5.32 Å². The molecule has 4 atom stereocenters. The fourth-order valence-corrected chi connectivity index (χ4v) is 4.78. The molecule has 0 spiro atoms. The number of fused-ring (bicyclic) bond motifs is 1. The number of nitrogens with one attached hydrogen (secondary N) is 1.